The van der Waals surface area contributed by atoms with E-state index >= 15 is 0 Å². The van der Waals surface area contributed by atoms with Crippen molar-refractivity contribution >= 4 is 15.8 Å². The van der Waals surface area contributed by atoms with Crippen molar-refractivity contribution in [2.45, 2.75) is 13.0 Å². The van der Waals surface area contributed by atoms with Crippen molar-refractivity contribution in [3.8, 4) is 0 Å². The van der Waals surface area contributed by atoms with Crippen LogP contribution in [0.5, 0.6) is 0 Å². The highest BCUT2D eigenvalue weighted by Crippen LogP contribution is 2.07. The van der Waals surface area contributed by atoms with Crippen molar-refractivity contribution in [2.75, 3.05) is 18.9 Å². The largest absolute Gasteiger partial charge is 0.465 e. The number of esters is 1. The average Bonchev–Trinajstić information content (AvgIpc) is 2.43. The van der Waals surface area contributed by atoms with Crippen LogP contribution in [0.2, 0.25) is 0 Å². The zero-order valence-corrected chi connectivity index (χ0v) is 8.71. The molecule has 0 aromatic heterocycles. The molecule has 5 nitrogen and oxygen atoms in total. The summed E-state index contributed by atoms with van der Waals surface area (Å²) in [7, 11) is -3.05. The molecule has 0 spiro atoms. The summed E-state index contributed by atoms with van der Waals surface area (Å²) >= 11 is 0. The first-order chi connectivity index (χ1) is 6.53. The maximum absolute atomic E-state index is 11.0. The van der Waals surface area contributed by atoms with E-state index < -0.39 is 9.84 Å². The van der Waals surface area contributed by atoms with Gasteiger partial charge in [0, 0.05) is 11.4 Å². The molecule has 6 heteroatoms. The summed E-state index contributed by atoms with van der Waals surface area (Å²) in [5.41, 5.74) is 0. The van der Waals surface area contributed by atoms with E-state index in [9.17, 15) is 13.2 Å². The molecule has 0 amide bonds. The van der Waals surface area contributed by atoms with Gasteiger partial charge in [-0.25, -0.2) is 8.42 Å². The van der Waals surface area contributed by atoms with Crippen molar-refractivity contribution in [1.29, 1.82) is 0 Å². The van der Waals surface area contributed by atoms with Crippen LogP contribution in [0, 0.1) is 0 Å². The first kappa shape index (κ1) is 11.2. The van der Waals surface area contributed by atoms with Crippen molar-refractivity contribution < 1.29 is 17.9 Å². The van der Waals surface area contributed by atoms with Gasteiger partial charge in [0.15, 0.2) is 9.84 Å². The predicted molar refractivity (Wildman–Crippen MR) is 51.4 cm³/mol. The number of carbonyl (C=O) groups is 1. The quantitative estimate of drug-likeness (QED) is 0.642. The third-order valence-corrected chi connectivity index (χ3v) is 3.14. The summed E-state index contributed by atoms with van der Waals surface area (Å²) in [4.78, 5) is 10.9. The van der Waals surface area contributed by atoms with E-state index in [1.165, 1.54) is 6.08 Å². The molecule has 0 saturated carbocycles. The lowest BCUT2D eigenvalue weighted by molar-refractivity contribution is -0.142. The van der Waals surface area contributed by atoms with Crippen molar-refractivity contribution in [3.05, 3.63) is 11.5 Å². The minimum atomic E-state index is -3.05. The summed E-state index contributed by atoms with van der Waals surface area (Å²) in [6.45, 7) is 2.09. The molecule has 0 saturated heterocycles. The van der Waals surface area contributed by atoms with E-state index in [-0.39, 0.29) is 24.3 Å². The second kappa shape index (κ2) is 4.56. The summed E-state index contributed by atoms with van der Waals surface area (Å²) < 4.78 is 26.6. The second-order valence-electron chi connectivity index (χ2n) is 2.95. The second-order valence-corrected chi connectivity index (χ2v) is 4.88. The Balaban J connectivity index is 2.28. The zero-order valence-electron chi connectivity index (χ0n) is 7.89. The minimum absolute atomic E-state index is 0.0202. The summed E-state index contributed by atoms with van der Waals surface area (Å²) in [5.74, 6) is -0.350. The van der Waals surface area contributed by atoms with E-state index in [2.05, 4.69) is 10.1 Å². The Hall–Kier alpha value is -0.880. The lowest BCUT2D eigenvalue weighted by atomic mass is 10.3. The summed E-state index contributed by atoms with van der Waals surface area (Å²) in [5, 5.41) is 3.94. The maximum Gasteiger partial charge on any atom is 0.319 e. The van der Waals surface area contributed by atoms with Crippen molar-refractivity contribution in [1.82, 2.24) is 5.32 Å². The summed E-state index contributed by atoms with van der Waals surface area (Å²) in [6.07, 6.45) is 1.54. The maximum atomic E-state index is 11.0. The van der Waals surface area contributed by atoms with Gasteiger partial charge < -0.3 is 4.74 Å². The van der Waals surface area contributed by atoms with Gasteiger partial charge in [0.1, 0.15) is 0 Å². The molecule has 1 N–H and O–H groups in total. The first-order valence-corrected chi connectivity index (χ1v) is 6.05. The van der Waals surface area contributed by atoms with Gasteiger partial charge >= 0.3 is 5.97 Å². The molecule has 1 heterocycles. The third-order valence-electron chi connectivity index (χ3n) is 1.74. The van der Waals surface area contributed by atoms with Crippen LogP contribution in [0.4, 0.5) is 0 Å². The molecule has 80 valence electrons. The standard InChI is InChI=1S/C8H13NO4S/c1-2-13-8(10)5-9-7-3-4-14(11,12)6-7/h3-4,7,9H,2,5-6H2,1H3. The van der Waals surface area contributed by atoms with Crippen LogP contribution in [0.1, 0.15) is 6.92 Å². The zero-order chi connectivity index (χ0) is 10.6. The minimum Gasteiger partial charge on any atom is -0.465 e. The molecule has 0 radical (unpaired) electrons. The topological polar surface area (TPSA) is 72.5 Å². The molecule has 1 rings (SSSR count). The van der Waals surface area contributed by atoms with Gasteiger partial charge in [0.05, 0.1) is 18.9 Å². The van der Waals surface area contributed by atoms with Gasteiger partial charge in [-0.15, -0.1) is 0 Å². The molecule has 0 aromatic rings. The van der Waals surface area contributed by atoms with Crippen molar-refractivity contribution in [2.24, 2.45) is 0 Å². The fourth-order valence-electron chi connectivity index (χ4n) is 1.13. The molecular weight excluding hydrogens is 206 g/mol. The van der Waals surface area contributed by atoms with Crippen LogP contribution >= 0.6 is 0 Å². The van der Waals surface area contributed by atoms with Gasteiger partial charge in [-0.2, -0.15) is 0 Å². The number of hydrogen-bond donors (Lipinski definition) is 1. The molecule has 1 aliphatic heterocycles. The fraction of sp³-hybridized carbons (Fsp3) is 0.625. The van der Waals surface area contributed by atoms with Crippen LogP contribution in [-0.4, -0.2) is 39.3 Å². The number of ether oxygens (including phenoxy) is 1. The Kier molecular flexibility index (Phi) is 3.65. The molecule has 1 unspecified atom stereocenters. The molecule has 0 bridgehead atoms. The monoisotopic (exact) mass is 219 g/mol. The Morgan fingerprint density at radius 1 is 1.64 bits per heavy atom. The van der Waals surface area contributed by atoms with Gasteiger partial charge in [0.2, 0.25) is 0 Å². The molecule has 0 aromatic carbocycles. The molecule has 0 aliphatic carbocycles. The fourth-order valence-corrected chi connectivity index (χ4v) is 2.40. The van der Waals surface area contributed by atoms with Gasteiger partial charge in [0.25, 0.3) is 0 Å². The van der Waals surface area contributed by atoms with E-state index in [1.807, 2.05) is 0 Å². The number of rotatable bonds is 4. The van der Waals surface area contributed by atoms with E-state index in [0.29, 0.717) is 6.61 Å². The molecule has 1 aliphatic rings. The van der Waals surface area contributed by atoms with Gasteiger partial charge in [-0.1, -0.05) is 6.08 Å². The number of carbonyl (C=O) groups excluding carboxylic acids is 1. The van der Waals surface area contributed by atoms with Crippen LogP contribution in [0.15, 0.2) is 11.5 Å². The van der Waals surface area contributed by atoms with Crippen LogP contribution in [-0.2, 0) is 19.4 Å². The lowest BCUT2D eigenvalue weighted by Crippen LogP contribution is -2.35. The first-order valence-electron chi connectivity index (χ1n) is 4.33. The molecule has 1 atom stereocenters. The lowest BCUT2D eigenvalue weighted by Gasteiger charge is -2.08. The highest BCUT2D eigenvalue weighted by molar-refractivity contribution is 7.94. The van der Waals surface area contributed by atoms with Crippen LogP contribution in [0.3, 0.4) is 0 Å². The highest BCUT2D eigenvalue weighted by Gasteiger charge is 2.21. The van der Waals surface area contributed by atoms with E-state index in [0.717, 1.165) is 5.41 Å². The Labute approximate surface area is 83.0 Å². The third kappa shape index (κ3) is 3.47. The van der Waals surface area contributed by atoms with E-state index in [1.54, 1.807) is 6.92 Å². The number of nitrogens with one attached hydrogen (secondary N) is 1. The van der Waals surface area contributed by atoms with E-state index in [4.69, 9.17) is 0 Å². The number of sulfone groups is 1. The Morgan fingerprint density at radius 2 is 2.36 bits per heavy atom. The van der Waals surface area contributed by atoms with Crippen molar-refractivity contribution in [3.63, 3.8) is 0 Å². The normalized spacial score (nSPS) is 23.6. The van der Waals surface area contributed by atoms with Gasteiger partial charge in [-0.3, -0.25) is 10.1 Å². The van der Waals surface area contributed by atoms with Gasteiger partial charge in [-0.05, 0) is 6.92 Å². The van der Waals surface area contributed by atoms with Crippen LogP contribution in [0.25, 0.3) is 0 Å². The molecular formula is C8H13NO4S. The SMILES string of the molecule is CCOC(=O)CNC1C=CS(=O)(=O)C1. The predicted octanol–water partition coefficient (Wildman–Crippen LogP) is -0.550. The number of hydrogen-bond acceptors (Lipinski definition) is 5. The Morgan fingerprint density at radius 3 is 2.86 bits per heavy atom. The highest BCUT2D eigenvalue weighted by atomic mass is 32.2. The Bertz CT molecular complexity index is 333. The molecule has 14 heavy (non-hydrogen) atoms. The average molecular weight is 219 g/mol. The molecule has 0 fully saturated rings. The van der Waals surface area contributed by atoms with Crippen LogP contribution < -0.4 is 5.32 Å². The summed E-state index contributed by atoms with van der Waals surface area (Å²) in [6, 6.07) is -0.274. The smallest absolute Gasteiger partial charge is 0.319 e.